The first kappa shape index (κ1) is 15.4. The Hall–Kier alpha value is -1.95. The number of nitrogens with one attached hydrogen (secondary N) is 1. The van der Waals surface area contributed by atoms with Gasteiger partial charge in [-0.2, -0.15) is 13.2 Å². The first-order valence-corrected chi connectivity index (χ1v) is 6.52. The van der Waals surface area contributed by atoms with E-state index >= 15 is 0 Å². The van der Waals surface area contributed by atoms with Crippen molar-refractivity contribution >= 4 is 17.3 Å². The summed E-state index contributed by atoms with van der Waals surface area (Å²) in [5.74, 6) is 0. The lowest BCUT2D eigenvalue weighted by Crippen LogP contribution is -2.22. The van der Waals surface area contributed by atoms with Crippen LogP contribution in [0.3, 0.4) is 0 Å². The summed E-state index contributed by atoms with van der Waals surface area (Å²) in [4.78, 5) is 11.5. The zero-order valence-corrected chi connectivity index (χ0v) is 11.6. The van der Waals surface area contributed by atoms with Crippen LogP contribution in [0.5, 0.6) is 0 Å². The summed E-state index contributed by atoms with van der Waals surface area (Å²) in [7, 11) is 0. The molecule has 1 N–H and O–H groups in total. The van der Waals surface area contributed by atoms with Crippen molar-refractivity contribution in [1.29, 1.82) is 0 Å². The summed E-state index contributed by atoms with van der Waals surface area (Å²) in [6, 6.07) is 8.22. The molecule has 0 aliphatic heterocycles. The molecule has 7 heteroatoms. The van der Waals surface area contributed by atoms with Crippen LogP contribution in [-0.4, -0.2) is 11.1 Å². The van der Waals surface area contributed by atoms with Crippen molar-refractivity contribution in [1.82, 2.24) is 4.57 Å². The van der Waals surface area contributed by atoms with Gasteiger partial charge in [0.2, 0.25) is 0 Å². The molecule has 0 fully saturated rings. The molecule has 1 aromatic heterocycles. The maximum absolute atomic E-state index is 12.9. The number of hydrogen-bond donors (Lipinski definition) is 1. The predicted molar refractivity (Wildman–Crippen MR) is 75.6 cm³/mol. The fourth-order valence-electron chi connectivity index (χ4n) is 1.86. The van der Waals surface area contributed by atoms with Gasteiger partial charge in [-0.1, -0.05) is 17.7 Å². The quantitative estimate of drug-likeness (QED) is 0.934. The van der Waals surface area contributed by atoms with Crippen LogP contribution in [0.15, 0.2) is 47.4 Å². The second-order valence-corrected chi connectivity index (χ2v) is 4.78. The smallest absolute Gasteiger partial charge is 0.383 e. The second-order valence-electron chi connectivity index (χ2n) is 4.35. The first-order chi connectivity index (χ1) is 9.88. The Kier molecular flexibility index (Phi) is 4.57. The Balaban J connectivity index is 2.11. The van der Waals surface area contributed by atoms with E-state index in [1.165, 1.54) is 22.8 Å². The summed E-state index contributed by atoms with van der Waals surface area (Å²) in [6.45, 7) is 0.453. The molecule has 0 amide bonds. The average molecular weight is 317 g/mol. The molecular weight excluding hydrogens is 305 g/mol. The van der Waals surface area contributed by atoms with E-state index in [1.54, 1.807) is 18.3 Å². The third-order valence-corrected chi connectivity index (χ3v) is 3.09. The van der Waals surface area contributed by atoms with Gasteiger partial charge in [-0.15, -0.1) is 0 Å². The van der Waals surface area contributed by atoms with Gasteiger partial charge in [0.25, 0.3) is 5.56 Å². The van der Waals surface area contributed by atoms with Crippen molar-refractivity contribution in [2.75, 3.05) is 11.9 Å². The fraction of sp³-hybridized carbons (Fsp3) is 0.214. The number of hydrogen-bond acceptors (Lipinski definition) is 2. The number of anilines is 1. The first-order valence-electron chi connectivity index (χ1n) is 6.14. The van der Waals surface area contributed by atoms with E-state index < -0.39 is 11.7 Å². The number of nitrogens with zero attached hydrogens (tertiary/aromatic N) is 1. The molecular formula is C14H12ClF3N2O. The summed E-state index contributed by atoms with van der Waals surface area (Å²) >= 11 is 5.60. The van der Waals surface area contributed by atoms with Crippen LogP contribution in [0.2, 0.25) is 5.02 Å². The van der Waals surface area contributed by atoms with Gasteiger partial charge in [0.15, 0.2) is 0 Å². The predicted octanol–water partition coefficient (Wildman–Crippen LogP) is 3.63. The van der Waals surface area contributed by atoms with Crippen LogP contribution in [-0.2, 0) is 12.7 Å². The maximum Gasteiger partial charge on any atom is 0.418 e. The molecule has 0 unspecified atom stereocenters. The lowest BCUT2D eigenvalue weighted by molar-refractivity contribution is -0.136. The molecule has 0 bridgehead atoms. The average Bonchev–Trinajstić information content (AvgIpc) is 2.41. The van der Waals surface area contributed by atoms with E-state index in [0.717, 1.165) is 6.07 Å². The molecule has 0 saturated heterocycles. The van der Waals surface area contributed by atoms with Gasteiger partial charge in [0, 0.05) is 36.1 Å². The van der Waals surface area contributed by atoms with Gasteiger partial charge in [-0.3, -0.25) is 4.79 Å². The molecule has 112 valence electrons. The third-order valence-electron chi connectivity index (χ3n) is 2.85. The largest absolute Gasteiger partial charge is 0.418 e. The SMILES string of the molecule is O=c1ccccn1CCNc1ccc(Cl)cc1C(F)(F)F. The monoisotopic (exact) mass is 316 g/mol. The van der Waals surface area contributed by atoms with E-state index in [9.17, 15) is 18.0 Å². The maximum atomic E-state index is 12.9. The normalized spacial score (nSPS) is 11.4. The van der Waals surface area contributed by atoms with Gasteiger partial charge in [0.05, 0.1) is 5.56 Å². The summed E-state index contributed by atoms with van der Waals surface area (Å²) in [6.07, 6.45) is -2.91. The highest BCUT2D eigenvalue weighted by molar-refractivity contribution is 6.30. The molecule has 0 saturated carbocycles. The van der Waals surface area contributed by atoms with Crippen molar-refractivity contribution in [2.24, 2.45) is 0 Å². The highest BCUT2D eigenvalue weighted by Crippen LogP contribution is 2.36. The Morgan fingerprint density at radius 3 is 2.62 bits per heavy atom. The summed E-state index contributed by atoms with van der Waals surface area (Å²) in [5.41, 5.74) is -1.09. The van der Waals surface area contributed by atoms with Crippen molar-refractivity contribution in [3.8, 4) is 0 Å². The van der Waals surface area contributed by atoms with Crippen LogP contribution in [0.25, 0.3) is 0 Å². The standard InChI is InChI=1S/C14H12ClF3N2O/c15-10-4-5-12(11(9-10)14(16,17)18)19-6-8-20-7-2-1-3-13(20)21/h1-5,7,9,19H,6,8H2. The zero-order valence-electron chi connectivity index (χ0n) is 10.8. The highest BCUT2D eigenvalue weighted by Gasteiger charge is 2.33. The van der Waals surface area contributed by atoms with Crippen molar-refractivity contribution < 1.29 is 13.2 Å². The van der Waals surface area contributed by atoms with Crippen molar-refractivity contribution in [2.45, 2.75) is 12.7 Å². The topological polar surface area (TPSA) is 34.0 Å². The summed E-state index contributed by atoms with van der Waals surface area (Å²) in [5, 5.41) is 2.70. The lowest BCUT2D eigenvalue weighted by Gasteiger charge is -2.15. The van der Waals surface area contributed by atoms with E-state index in [-0.39, 0.29) is 29.4 Å². The molecule has 0 aliphatic carbocycles. The van der Waals surface area contributed by atoms with Crippen LogP contribution < -0.4 is 10.9 Å². The Labute approximate surface area is 124 Å². The minimum Gasteiger partial charge on any atom is -0.383 e. The van der Waals surface area contributed by atoms with Crippen molar-refractivity contribution in [3.63, 3.8) is 0 Å². The fourth-order valence-corrected chi connectivity index (χ4v) is 2.03. The van der Waals surface area contributed by atoms with Gasteiger partial charge < -0.3 is 9.88 Å². The molecule has 0 radical (unpaired) electrons. The second kappa shape index (κ2) is 6.22. The highest BCUT2D eigenvalue weighted by atomic mass is 35.5. The van der Waals surface area contributed by atoms with Crippen LogP contribution in [0, 0.1) is 0 Å². The zero-order chi connectivity index (χ0) is 15.5. The Morgan fingerprint density at radius 1 is 1.19 bits per heavy atom. The van der Waals surface area contributed by atoms with E-state index in [2.05, 4.69) is 5.32 Å². The summed E-state index contributed by atoms with van der Waals surface area (Å²) < 4.78 is 40.1. The molecule has 1 heterocycles. The number of pyridine rings is 1. The molecule has 0 spiro atoms. The molecule has 2 rings (SSSR count). The van der Waals surface area contributed by atoms with Crippen LogP contribution in [0.4, 0.5) is 18.9 Å². The Bertz CT molecular complexity index is 682. The molecule has 1 aromatic carbocycles. The molecule has 3 nitrogen and oxygen atoms in total. The van der Waals surface area contributed by atoms with Crippen LogP contribution >= 0.6 is 11.6 Å². The van der Waals surface area contributed by atoms with Crippen LogP contribution in [0.1, 0.15) is 5.56 Å². The number of benzene rings is 1. The number of aromatic nitrogens is 1. The van der Waals surface area contributed by atoms with Crippen molar-refractivity contribution in [3.05, 3.63) is 63.5 Å². The number of rotatable bonds is 4. The lowest BCUT2D eigenvalue weighted by atomic mass is 10.1. The molecule has 21 heavy (non-hydrogen) atoms. The number of halogens is 4. The van der Waals surface area contributed by atoms with Gasteiger partial charge in [-0.25, -0.2) is 0 Å². The molecule has 2 aromatic rings. The van der Waals surface area contributed by atoms with Gasteiger partial charge in [0.1, 0.15) is 0 Å². The minimum absolute atomic E-state index is 0.0205. The molecule has 0 atom stereocenters. The third kappa shape index (κ3) is 4.01. The van der Waals surface area contributed by atoms with E-state index in [4.69, 9.17) is 11.6 Å². The van der Waals surface area contributed by atoms with E-state index in [0.29, 0.717) is 0 Å². The van der Waals surface area contributed by atoms with Gasteiger partial charge in [-0.05, 0) is 24.3 Å². The molecule has 0 aliphatic rings. The Morgan fingerprint density at radius 2 is 1.95 bits per heavy atom. The number of alkyl halides is 3. The minimum atomic E-state index is -4.49. The van der Waals surface area contributed by atoms with Gasteiger partial charge >= 0.3 is 6.18 Å². The van der Waals surface area contributed by atoms with E-state index in [1.807, 2.05) is 0 Å².